The molecular formula is C22H22FN3O. The highest BCUT2D eigenvalue weighted by Gasteiger charge is 2.30. The Bertz CT molecular complexity index is 922. The molecule has 3 aromatic rings. The summed E-state index contributed by atoms with van der Waals surface area (Å²) in [5, 5.41) is 4.32. The summed E-state index contributed by atoms with van der Waals surface area (Å²) in [6.45, 7) is 0.755. The molecule has 1 fully saturated rings. The van der Waals surface area contributed by atoms with E-state index in [0.717, 1.165) is 32.2 Å². The van der Waals surface area contributed by atoms with Gasteiger partial charge in [-0.3, -0.25) is 4.79 Å². The number of benzene rings is 2. The van der Waals surface area contributed by atoms with Crippen LogP contribution in [0.25, 0.3) is 5.69 Å². The molecular weight excluding hydrogens is 341 g/mol. The molecule has 1 saturated heterocycles. The van der Waals surface area contributed by atoms with E-state index in [1.54, 1.807) is 30.5 Å². The molecule has 27 heavy (non-hydrogen) atoms. The van der Waals surface area contributed by atoms with Crippen molar-refractivity contribution >= 4 is 5.91 Å². The van der Waals surface area contributed by atoms with Crippen molar-refractivity contribution in [3.8, 4) is 5.69 Å². The summed E-state index contributed by atoms with van der Waals surface area (Å²) in [6, 6.07) is 18.7. The van der Waals surface area contributed by atoms with E-state index >= 15 is 0 Å². The molecule has 5 heteroatoms. The van der Waals surface area contributed by atoms with E-state index in [0.29, 0.717) is 11.4 Å². The molecule has 1 unspecified atom stereocenters. The van der Waals surface area contributed by atoms with Gasteiger partial charge in [-0.1, -0.05) is 42.5 Å². The molecule has 1 amide bonds. The molecule has 0 aliphatic carbocycles. The van der Waals surface area contributed by atoms with Gasteiger partial charge in [-0.05, 0) is 49.4 Å². The molecule has 1 aliphatic heterocycles. The highest BCUT2D eigenvalue weighted by molar-refractivity contribution is 5.92. The molecule has 0 saturated carbocycles. The third kappa shape index (κ3) is 3.77. The van der Waals surface area contributed by atoms with Crippen LogP contribution in [-0.4, -0.2) is 33.2 Å². The van der Waals surface area contributed by atoms with Gasteiger partial charge in [0.15, 0.2) is 5.69 Å². The first-order valence-corrected chi connectivity index (χ1v) is 9.38. The predicted octanol–water partition coefficient (Wildman–Crippen LogP) is 4.25. The largest absolute Gasteiger partial charge is 0.334 e. The highest BCUT2D eigenvalue weighted by atomic mass is 19.1. The van der Waals surface area contributed by atoms with Crippen molar-refractivity contribution < 1.29 is 9.18 Å². The molecule has 0 radical (unpaired) electrons. The van der Waals surface area contributed by atoms with Crippen molar-refractivity contribution in [3.05, 3.63) is 83.9 Å². The Morgan fingerprint density at radius 1 is 1.07 bits per heavy atom. The molecule has 2 aromatic carbocycles. The minimum atomic E-state index is -0.360. The van der Waals surface area contributed by atoms with E-state index in [1.807, 2.05) is 23.1 Å². The van der Waals surface area contributed by atoms with Crippen LogP contribution in [0.15, 0.2) is 66.9 Å². The van der Waals surface area contributed by atoms with Crippen LogP contribution in [0.5, 0.6) is 0 Å². The Balaban J connectivity index is 1.46. The number of amides is 1. The van der Waals surface area contributed by atoms with Gasteiger partial charge in [0.05, 0.1) is 0 Å². The number of nitrogens with zero attached hydrogens (tertiary/aromatic N) is 3. The quantitative estimate of drug-likeness (QED) is 0.680. The minimum Gasteiger partial charge on any atom is -0.334 e. The van der Waals surface area contributed by atoms with Crippen molar-refractivity contribution in [2.75, 3.05) is 6.54 Å². The average molecular weight is 363 g/mol. The van der Waals surface area contributed by atoms with Gasteiger partial charge in [-0.25, -0.2) is 9.07 Å². The second-order valence-electron chi connectivity index (χ2n) is 6.92. The zero-order valence-corrected chi connectivity index (χ0v) is 15.1. The molecule has 4 nitrogen and oxygen atoms in total. The minimum absolute atomic E-state index is 0.0688. The smallest absolute Gasteiger partial charge is 0.274 e. The molecule has 1 aliphatic rings. The summed E-state index contributed by atoms with van der Waals surface area (Å²) in [7, 11) is 0. The van der Waals surface area contributed by atoms with Crippen molar-refractivity contribution in [1.29, 1.82) is 0 Å². The predicted molar refractivity (Wildman–Crippen MR) is 102 cm³/mol. The fourth-order valence-corrected chi connectivity index (χ4v) is 3.74. The van der Waals surface area contributed by atoms with E-state index in [9.17, 15) is 9.18 Å². The second-order valence-corrected chi connectivity index (χ2v) is 6.92. The van der Waals surface area contributed by atoms with Gasteiger partial charge in [0.1, 0.15) is 11.5 Å². The van der Waals surface area contributed by atoms with Crippen LogP contribution in [0.1, 0.15) is 35.3 Å². The van der Waals surface area contributed by atoms with E-state index in [2.05, 4.69) is 17.2 Å². The highest BCUT2D eigenvalue weighted by Crippen LogP contribution is 2.24. The Labute approximate surface area is 158 Å². The summed E-state index contributed by atoms with van der Waals surface area (Å²) >= 11 is 0. The number of rotatable bonds is 5. The molecule has 0 bridgehead atoms. The Kier molecular flexibility index (Phi) is 5.01. The van der Waals surface area contributed by atoms with E-state index in [-0.39, 0.29) is 17.8 Å². The normalized spacial score (nSPS) is 16.6. The molecule has 0 spiro atoms. The summed E-state index contributed by atoms with van der Waals surface area (Å²) < 4.78 is 15.4. The van der Waals surface area contributed by atoms with Crippen molar-refractivity contribution in [2.45, 2.75) is 31.7 Å². The summed E-state index contributed by atoms with van der Waals surface area (Å²) in [4.78, 5) is 14.9. The molecule has 2 heterocycles. The lowest BCUT2D eigenvalue weighted by atomic mass is 10.0. The van der Waals surface area contributed by atoms with Crippen LogP contribution >= 0.6 is 0 Å². The van der Waals surface area contributed by atoms with Gasteiger partial charge >= 0.3 is 0 Å². The maximum Gasteiger partial charge on any atom is 0.274 e. The van der Waals surface area contributed by atoms with E-state index in [1.165, 1.54) is 16.3 Å². The van der Waals surface area contributed by atoms with Crippen molar-refractivity contribution in [3.63, 3.8) is 0 Å². The number of aromatic nitrogens is 2. The topological polar surface area (TPSA) is 38.1 Å². The number of hydrogen-bond donors (Lipinski definition) is 0. The first-order chi connectivity index (χ1) is 13.2. The lowest BCUT2D eigenvalue weighted by Gasteiger charge is -2.24. The van der Waals surface area contributed by atoms with Crippen molar-refractivity contribution in [1.82, 2.24) is 14.7 Å². The third-order valence-electron chi connectivity index (χ3n) is 5.15. The van der Waals surface area contributed by atoms with Gasteiger partial charge < -0.3 is 4.90 Å². The first-order valence-electron chi connectivity index (χ1n) is 9.38. The molecule has 0 N–H and O–H groups in total. The Morgan fingerprint density at radius 3 is 2.67 bits per heavy atom. The van der Waals surface area contributed by atoms with Crippen LogP contribution in [0, 0.1) is 5.82 Å². The standard InChI is InChI=1S/C22H22FN3O/c23-19-10-4-5-11-21(19)26-16-14-20(24-26)22(27)25-15-6-9-18(25)13-12-17-7-2-1-3-8-17/h1-5,7-8,10-11,14,16,18H,6,9,12-13,15H2. The number of hydrogen-bond acceptors (Lipinski definition) is 2. The zero-order chi connectivity index (χ0) is 18.6. The second kappa shape index (κ2) is 7.74. The lowest BCUT2D eigenvalue weighted by Crippen LogP contribution is -2.36. The van der Waals surface area contributed by atoms with Gasteiger partial charge in [0.2, 0.25) is 0 Å². The van der Waals surface area contributed by atoms with E-state index < -0.39 is 0 Å². The number of aryl methyl sites for hydroxylation is 1. The first kappa shape index (κ1) is 17.5. The molecule has 138 valence electrons. The van der Waals surface area contributed by atoms with Crippen LogP contribution < -0.4 is 0 Å². The molecule has 1 aromatic heterocycles. The van der Waals surface area contributed by atoms with Gasteiger partial charge in [-0.15, -0.1) is 0 Å². The number of carbonyl (C=O) groups excluding carboxylic acids is 1. The third-order valence-corrected chi connectivity index (χ3v) is 5.15. The molecule has 4 rings (SSSR count). The fourth-order valence-electron chi connectivity index (χ4n) is 3.74. The van der Waals surface area contributed by atoms with Crippen LogP contribution in [0.3, 0.4) is 0 Å². The summed E-state index contributed by atoms with van der Waals surface area (Å²) in [5.74, 6) is -0.429. The summed E-state index contributed by atoms with van der Waals surface area (Å²) in [6.07, 6.45) is 5.58. The SMILES string of the molecule is O=C(c1ccn(-c2ccccc2F)n1)N1CCCC1CCc1ccccc1. The Morgan fingerprint density at radius 2 is 1.85 bits per heavy atom. The van der Waals surface area contributed by atoms with Crippen LogP contribution in [0.4, 0.5) is 4.39 Å². The zero-order valence-electron chi connectivity index (χ0n) is 15.1. The lowest BCUT2D eigenvalue weighted by molar-refractivity contribution is 0.0724. The molecule has 1 atom stereocenters. The fraction of sp³-hybridized carbons (Fsp3) is 0.273. The Hall–Kier alpha value is -2.95. The van der Waals surface area contributed by atoms with Crippen LogP contribution in [0.2, 0.25) is 0 Å². The number of likely N-dealkylation sites (tertiary alicyclic amines) is 1. The van der Waals surface area contributed by atoms with Gasteiger partial charge in [-0.2, -0.15) is 5.10 Å². The summed E-state index contributed by atoms with van der Waals surface area (Å²) in [5.41, 5.74) is 2.00. The van der Waals surface area contributed by atoms with Gasteiger partial charge in [0.25, 0.3) is 5.91 Å². The maximum atomic E-state index is 14.0. The van der Waals surface area contributed by atoms with Gasteiger partial charge in [0, 0.05) is 18.8 Å². The van der Waals surface area contributed by atoms with Crippen LogP contribution in [-0.2, 0) is 6.42 Å². The number of halogens is 1. The maximum absolute atomic E-state index is 14.0. The number of carbonyl (C=O) groups is 1. The number of para-hydroxylation sites is 1. The van der Waals surface area contributed by atoms with Crippen molar-refractivity contribution in [2.24, 2.45) is 0 Å². The average Bonchev–Trinajstić information content (AvgIpc) is 3.37. The monoisotopic (exact) mass is 363 g/mol. The van der Waals surface area contributed by atoms with E-state index in [4.69, 9.17) is 0 Å².